The number of anilines is 1. The van der Waals surface area contributed by atoms with Gasteiger partial charge in [0.05, 0.1) is 0 Å². The zero-order chi connectivity index (χ0) is 17.7. The molecule has 1 fully saturated rings. The molecule has 0 saturated heterocycles. The third kappa shape index (κ3) is 5.08. The fourth-order valence-electron chi connectivity index (χ4n) is 3.37. The first kappa shape index (κ1) is 18.5. The van der Waals surface area contributed by atoms with Crippen LogP contribution in [0.5, 0.6) is 0 Å². The lowest BCUT2D eigenvalue weighted by Crippen LogP contribution is -2.44. The van der Waals surface area contributed by atoms with Gasteiger partial charge >= 0.3 is 11.8 Å². The largest absolute Gasteiger partial charge is 0.345 e. The topological polar surface area (TPSA) is 58.2 Å². The van der Waals surface area contributed by atoms with Crippen LogP contribution in [0.3, 0.4) is 0 Å². The van der Waals surface area contributed by atoms with Crippen molar-refractivity contribution >= 4 is 17.5 Å². The second kappa shape index (κ2) is 7.82. The Morgan fingerprint density at radius 2 is 1.58 bits per heavy atom. The van der Waals surface area contributed by atoms with Crippen molar-refractivity contribution in [3.63, 3.8) is 0 Å². The van der Waals surface area contributed by atoms with Crippen molar-refractivity contribution in [2.75, 3.05) is 5.32 Å². The number of aryl methyl sites for hydroxylation is 1. The lowest BCUT2D eigenvalue weighted by atomic mass is 9.71. The summed E-state index contributed by atoms with van der Waals surface area (Å²) < 4.78 is 0. The Morgan fingerprint density at radius 3 is 2.08 bits per heavy atom. The maximum Gasteiger partial charge on any atom is 0.313 e. The van der Waals surface area contributed by atoms with E-state index in [0.29, 0.717) is 17.0 Å². The summed E-state index contributed by atoms with van der Waals surface area (Å²) in [4.78, 5) is 24.1. The molecule has 2 amide bonds. The number of rotatable bonds is 3. The molecule has 0 aromatic heterocycles. The van der Waals surface area contributed by atoms with Crippen molar-refractivity contribution in [1.29, 1.82) is 0 Å². The predicted molar refractivity (Wildman–Crippen MR) is 97.8 cm³/mol. The molecule has 0 aliphatic heterocycles. The summed E-state index contributed by atoms with van der Waals surface area (Å²) in [6.07, 6.45) is 5.06. The van der Waals surface area contributed by atoms with E-state index in [1.54, 1.807) is 0 Å². The molecule has 0 heterocycles. The van der Waals surface area contributed by atoms with Gasteiger partial charge < -0.3 is 10.6 Å². The summed E-state index contributed by atoms with van der Waals surface area (Å²) in [7, 11) is 0. The SMILES string of the molecule is CCc1ccc(NC(=O)C(=O)NC2CCC(C(C)(C)C)CC2)cc1. The maximum atomic E-state index is 12.1. The summed E-state index contributed by atoms with van der Waals surface area (Å²) in [6, 6.07) is 7.70. The molecule has 1 aromatic carbocycles. The zero-order valence-electron chi connectivity index (χ0n) is 15.3. The van der Waals surface area contributed by atoms with Crippen molar-refractivity contribution in [1.82, 2.24) is 5.32 Å². The molecule has 1 aliphatic rings. The molecule has 1 aliphatic carbocycles. The van der Waals surface area contributed by atoms with Gasteiger partial charge in [0.2, 0.25) is 0 Å². The van der Waals surface area contributed by atoms with Gasteiger partial charge in [0.25, 0.3) is 0 Å². The minimum Gasteiger partial charge on any atom is -0.345 e. The van der Waals surface area contributed by atoms with E-state index in [1.165, 1.54) is 5.56 Å². The van der Waals surface area contributed by atoms with Crippen LogP contribution in [-0.2, 0) is 16.0 Å². The number of amides is 2. The number of hydrogen-bond acceptors (Lipinski definition) is 2. The fraction of sp³-hybridized carbons (Fsp3) is 0.600. The van der Waals surface area contributed by atoms with Crippen molar-refractivity contribution in [3.8, 4) is 0 Å². The van der Waals surface area contributed by atoms with Gasteiger partial charge in [-0.25, -0.2) is 0 Å². The molecular formula is C20H30N2O2. The predicted octanol–water partition coefficient (Wildman–Crippen LogP) is 3.91. The molecule has 0 atom stereocenters. The average molecular weight is 330 g/mol. The summed E-state index contributed by atoms with van der Waals surface area (Å²) >= 11 is 0. The zero-order valence-corrected chi connectivity index (χ0v) is 15.3. The molecule has 0 radical (unpaired) electrons. The van der Waals surface area contributed by atoms with Gasteiger partial charge in [-0.05, 0) is 61.1 Å². The first-order valence-electron chi connectivity index (χ1n) is 9.00. The Labute approximate surface area is 145 Å². The van der Waals surface area contributed by atoms with E-state index in [9.17, 15) is 9.59 Å². The third-order valence-electron chi connectivity index (χ3n) is 5.11. The molecule has 1 aromatic rings. The van der Waals surface area contributed by atoms with Crippen molar-refractivity contribution in [2.24, 2.45) is 11.3 Å². The van der Waals surface area contributed by atoms with Gasteiger partial charge in [0.1, 0.15) is 0 Å². The van der Waals surface area contributed by atoms with Gasteiger partial charge in [-0.15, -0.1) is 0 Å². The number of hydrogen-bond donors (Lipinski definition) is 2. The van der Waals surface area contributed by atoms with Crippen molar-refractivity contribution in [2.45, 2.75) is 65.8 Å². The fourth-order valence-corrected chi connectivity index (χ4v) is 3.37. The molecule has 24 heavy (non-hydrogen) atoms. The van der Waals surface area contributed by atoms with Crippen LogP contribution < -0.4 is 10.6 Å². The van der Waals surface area contributed by atoms with Crippen LogP contribution in [0.2, 0.25) is 0 Å². The van der Waals surface area contributed by atoms with Crippen LogP contribution in [0.4, 0.5) is 5.69 Å². The Kier molecular flexibility index (Phi) is 6.03. The molecule has 1 saturated carbocycles. The lowest BCUT2D eigenvalue weighted by Gasteiger charge is -2.37. The van der Waals surface area contributed by atoms with E-state index in [0.717, 1.165) is 32.1 Å². The van der Waals surface area contributed by atoms with Crippen molar-refractivity contribution < 1.29 is 9.59 Å². The highest BCUT2D eigenvalue weighted by Gasteiger charge is 2.30. The van der Waals surface area contributed by atoms with Crippen molar-refractivity contribution in [3.05, 3.63) is 29.8 Å². The highest BCUT2D eigenvalue weighted by molar-refractivity contribution is 6.39. The maximum absolute atomic E-state index is 12.1. The molecule has 0 bridgehead atoms. The van der Waals surface area contributed by atoms with Gasteiger partial charge in [-0.3, -0.25) is 9.59 Å². The Bertz CT molecular complexity index is 564. The smallest absolute Gasteiger partial charge is 0.313 e. The molecule has 4 heteroatoms. The van der Waals surface area contributed by atoms with Crippen LogP contribution >= 0.6 is 0 Å². The molecule has 0 unspecified atom stereocenters. The molecule has 2 rings (SSSR count). The summed E-state index contributed by atoms with van der Waals surface area (Å²) in [5, 5.41) is 5.55. The lowest BCUT2D eigenvalue weighted by molar-refractivity contribution is -0.136. The minimum atomic E-state index is -0.586. The van der Waals surface area contributed by atoms with Gasteiger partial charge in [-0.1, -0.05) is 39.8 Å². The molecule has 132 valence electrons. The van der Waals surface area contributed by atoms with Gasteiger partial charge in [0, 0.05) is 11.7 Å². The number of benzene rings is 1. The minimum absolute atomic E-state index is 0.115. The molecule has 0 spiro atoms. The van der Waals surface area contributed by atoms with E-state index >= 15 is 0 Å². The Morgan fingerprint density at radius 1 is 1.00 bits per heavy atom. The number of carbonyl (C=O) groups excluding carboxylic acids is 2. The molecular weight excluding hydrogens is 300 g/mol. The van der Waals surface area contributed by atoms with Crippen LogP contribution in [0.25, 0.3) is 0 Å². The number of carbonyl (C=O) groups is 2. The summed E-state index contributed by atoms with van der Waals surface area (Å²) in [5.74, 6) is -0.428. The van der Waals surface area contributed by atoms with Crippen LogP contribution in [-0.4, -0.2) is 17.9 Å². The Balaban J connectivity index is 1.80. The van der Waals surface area contributed by atoms with Gasteiger partial charge in [-0.2, -0.15) is 0 Å². The second-order valence-electron chi connectivity index (χ2n) is 7.89. The third-order valence-corrected chi connectivity index (χ3v) is 5.11. The monoisotopic (exact) mass is 330 g/mol. The van der Waals surface area contributed by atoms with Crippen LogP contribution in [0.15, 0.2) is 24.3 Å². The quantitative estimate of drug-likeness (QED) is 0.826. The van der Waals surface area contributed by atoms with E-state index in [1.807, 2.05) is 24.3 Å². The highest BCUT2D eigenvalue weighted by atomic mass is 16.2. The van der Waals surface area contributed by atoms with E-state index in [2.05, 4.69) is 38.3 Å². The second-order valence-corrected chi connectivity index (χ2v) is 7.89. The normalized spacial score (nSPS) is 21.2. The molecule has 2 N–H and O–H groups in total. The Hall–Kier alpha value is -1.84. The standard InChI is InChI=1S/C20H30N2O2/c1-5-14-6-10-16(11-7-14)21-18(23)19(24)22-17-12-8-15(9-13-17)20(2,3)4/h6-7,10-11,15,17H,5,8-9,12-13H2,1-4H3,(H,21,23)(H,22,24). The average Bonchev–Trinajstić information content (AvgIpc) is 2.55. The van der Waals surface area contributed by atoms with Crippen LogP contribution in [0.1, 0.15) is 58.9 Å². The number of nitrogens with one attached hydrogen (secondary N) is 2. The van der Waals surface area contributed by atoms with E-state index in [4.69, 9.17) is 0 Å². The summed E-state index contributed by atoms with van der Waals surface area (Å²) in [6.45, 7) is 8.89. The van der Waals surface area contributed by atoms with E-state index in [-0.39, 0.29) is 6.04 Å². The summed E-state index contributed by atoms with van der Waals surface area (Å²) in [5.41, 5.74) is 2.17. The molecule has 4 nitrogen and oxygen atoms in total. The van der Waals surface area contributed by atoms with Crippen LogP contribution in [0, 0.1) is 11.3 Å². The first-order valence-corrected chi connectivity index (χ1v) is 9.00. The van der Waals surface area contributed by atoms with E-state index < -0.39 is 11.8 Å². The first-order chi connectivity index (χ1) is 11.3. The van der Waals surface area contributed by atoms with Gasteiger partial charge in [0.15, 0.2) is 0 Å². The highest BCUT2D eigenvalue weighted by Crippen LogP contribution is 2.37.